The van der Waals surface area contributed by atoms with Crippen LogP contribution in [0.5, 0.6) is 5.75 Å². The van der Waals surface area contributed by atoms with E-state index in [1.165, 1.54) is 44.7 Å². The van der Waals surface area contributed by atoms with Crippen LogP contribution in [-0.2, 0) is 6.42 Å². The van der Waals surface area contributed by atoms with E-state index in [9.17, 15) is 9.18 Å². The molecule has 5 heteroatoms. The van der Waals surface area contributed by atoms with Gasteiger partial charge in [0, 0.05) is 17.3 Å². The summed E-state index contributed by atoms with van der Waals surface area (Å²) in [5.74, 6) is -1.53. The van der Waals surface area contributed by atoms with Crippen LogP contribution < -0.4 is 4.74 Å². The van der Waals surface area contributed by atoms with Crippen molar-refractivity contribution < 1.29 is 19.0 Å². The molecule has 0 amide bonds. The minimum atomic E-state index is -1.32. The molecule has 1 aromatic carbocycles. The number of nitrogens with one attached hydrogen (secondary N) is 1. The number of aromatic carboxylic acids is 1. The molecule has 0 spiro atoms. The Labute approximate surface area is 154 Å². The van der Waals surface area contributed by atoms with E-state index in [0.29, 0.717) is 11.3 Å². The molecule has 0 radical (unpaired) electrons. The number of carboxylic acid groups (broad SMARTS) is 1. The molecule has 1 aromatic heterocycles. The highest BCUT2D eigenvalue weighted by molar-refractivity contribution is 5.89. The second-order valence-corrected chi connectivity index (χ2v) is 6.60. The highest BCUT2D eigenvalue weighted by Crippen LogP contribution is 2.34. The molecule has 0 atom stereocenters. The highest BCUT2D eigenvalue weighted by atomic mass is 19.1. The molecule has 0 bridgehead atoms. The van der Waals surface area contributed by atoms with Gasteiger partial charge in [-0.1, -0.05) is 57.6 Å². The van der Waals surface area contributed by atoms with Gasteiger partial charge in [-0.05, 0) is 24.5 Å². The molecule has 1 heterocycles. The quantitative estimate of drug-likeness (QED) is 0.496. The molecular formula is C21H28FNO3. The average Bonchev–Trinajstić information content (AvgIpc) is 3.02. The highest BCUT2D eigenvalue weighted by Gasteiger charge is 2.20. The van der Waals surface area contributed by atoms with Gasteiger partial charge in [0.1, 0.15) is 5.75 Å². The van der Waals surface area contributed by atoms with Crippen LogP contribution in [0, 0.1) is 5.82 Å². The maximum absolute atomic E-state index is 14.3. The summed E-state index contributed by atoms with van der Waals surface area (Å²) in [5.41, 5.74) is 1.47. The molecule has 142 valence electrons. The lowest BCUT2D eigenvalue weighted by Crippen LogP contribution is -1.99. The van der Waals surface area contributed by atoms with Crippen molar-refractivity contribution in [2.75, 3.05) is 7.11 Å². The Morgan fingerprint density at radius 1 is 1.12 bits per heavy atom. The fourth-order valence-corrected chi connectivity index (χ4v) is 3.16. The van der Waals surface area contributed by atoms with Gasteiger partial charge in [-0.25, -0.2) is 9.18 Å². The molecule has 0 aliphatic carbocycles. The summed E-state index contributed by atoms with van der Waals surface area (Å²) in [6.45, 7) is 2.22. The van der Waals surface area contributed by atoms with Crippen LogP contribution in [0.1, 0.15) is 67.9 Å². The predicted molar refractivity (Wildman–Crippen MR) is 101 cm³/mol. The first-order chi connectivity index (χ1) is 12.6. The summed E-state index contributed by atoms with van der Waals surface area (Å²) in [6, 6.07) is 5.68. The van der Waals surface area contributed by atoms with Crippen molar-refractivity contribution in [1.82, 2.24) is 4.98 Å². The van der Waals surface area contributed by atoms with Crippen LogP contribution in [0.4, 0.5) is 4.39 Å². The molecule has 0 fully saturated rings. The van der Waals surface area contributed by atoms with E-state index in [1.807, 2.05) is 12.1 Å². The molecule has 26 heavy (non-hydrogen) atoms. The van der Waals surface area contributed by atoms with Gasteiger partial charge < -0.3 is 14.8 Å². The predicted octanol–water partition coefficient (Wildman–Crippen LogP) is 5.82. The first kappa shape index (κ1) is 20.0. The molecule has 0 aliphatic heterocycles. The van der Waals surface area contributed by atoms with Gasteiger partial charge in [-0.3, -0.25) is 0 Å². The van der Waals surface area contributed by atoms with Crippen molar-refractivity contribution in [3.8, 4) is 16.9 Å². The van der Waals surface area contributed by atoms with Gasteiger partial charge in [0.25, 0.3) is 0 Å². The van der Waals surface area contributed by atoms with Crippen molar-refractivity contribution in [3.63, 3.8) is 0 Å². The number of H-pyrrole nitrogens is 1. The van der Waals surface area contributed by atoms with Crippen LogP contribution in [0.25, 0.3) is 11.1 Å². The van der Waals surface area contributed by atoms with Crippen LogP contribution in [0.3, 0.4) is 0 Å². The topological polar surface area (TPSA) is 62.3 Å². The number of aryl methyl sites for hydroxylation is 1. The van der Waals surface area contributed by atoms with Gasteiger partial charge in [0.15, 0.2) is 11.5 Å². The van der Waals surface area contributed by atoms with E-state index in [1.54, 1.807) is 13.2 Å². The SMILES string of the molecule is CCCCCCCCCc1ccc(-c2c[nH]c(C(=O)O)c2F)c(OC)c1. The van der Waals surface area contributed by atoms with Crippen molar-refractivity contribution in [3.05, 3.63) is 41.5 Å². The van der Waals surface area contributed by atoms with Gasteiger partial charge in [-0.2, -0.15) is 0 Å². The third kappa shape index (κ3) is 5.10. The third-order valence-electron chi connectivity index (χ3n) is 4.66. The van der Waals surface area contributed by atoms with Crippen LogP contribution in [0.15, 0.2) is 24.4 Å². The normalized spacial score (nSPS) is 10.9. The second kappa shape index (κ2) is 10.00. The standard InChI is InChI=1S/C21H28FNO3/c1-3-4-5-6-7-8-9-10-15-11-12-16(18(13-15)26-2)17-14-23-20(19(17)22)21(24)25/h11-14,23H,3-10H2,1-2H3,(H,24,25). The zero-order valence-corrected chi connectivity index (χ0v) is 15.6. The largest absolute Gasteiger partial charge is 0.496 e. The molecule has 2 rings (SSSR count). The lowest BCUT2D eigenvalue weighted by molar-refractivity contribution is 0.0686. The van der Waals surface area contributed by atoms with E-state index in [0.717, 1.165) is 18.4 Å². The van der Waals surface area contributed by atoms with E-state index >= 15 is 0 Å². The maximum Gasteiger partial charge on any atom is 0.355 e. The number of ether oxygens (including phenoxy) is 1. The number of hydrogen-bond donors (Lipinski definition) is 2. The minimum absolute atomic E-state index is 0.210. The molecule has 2 aromatic rings. The van der Waals surface area contributed by atoms with Crippen molar-refractivity contribution >= 4 is 5.97 Å². The number of aromatic nitrogens is 1. The number of carbonyl (C=O) groups is 1. The maximum atomic E-state index is 14.3. The molecule has 0 aliphatic rings. The third-order valence-corrected chi connectivity index (χ3v) is 4.66. The van der Waals surface area contributed by atoms with Gasteiger partial charge in [-0.15, -0.1) is 0 Å². The number of hydrogen-bond acceptors (Lipinski definition) is 2. The second-order valence-electron chi connectivity index (χ2n) is 6.60. The Hall–Kier alpha value is -2.30. The summed E-state index contributed by atoms with van der Waals surface area (Å²) in [5, 5.41) is 8.98. The Kier molecular flexibility index (Phi) is 7.70. The minimum Gasteiger partial charge on any atom is -0.496 e. The monoisotopic (exact) mass is 361 g/mol. The van der Waals surface area contributed by atoms with Crippen molar-refractivity contribution in [2.45, 2.75) is 58.3 Å². The van der Waals surface area contributed by atoms with Crippen LogP contribution in [0.2, 0.25) is 0 Å². The smallest absolute Gasteiger partial charge is 0.355 e. The Bertz CT molecular complexity index is 724. The average molecular weight is 361 g/mol. The first-order valence-corrected chi connectivity index (χ1v) is 9.36. The van der Waals surface area contributed by atoms with Crippen LogP contribution in [-0.4, -0.2) is 23.2 Å². The van der Waals surface area contributed by atoms with E-state index in [4.69, 9.17) is 9.84 Å². The number of halogens is 1. The van der Waals surface area contributed by atoms with E-state index in [-0.39, 0.29) is 5.56 Å². The van der Waals surface area contributed by atoms with E-state index < -0.39 is 17.5 Å². The molecular weight excluding hydrogens is 333 g/mol. The first-order valence-electron chi connectivity index (χ1n) is 9.36. The van der Waals surface area contributed by atoms with E-state index in [2.05, 4.69) is 11.9 Å². The lowest BCUT2D eigenvalue weighted by atomic mass is 10.0. The molecule has 4 nitrogen and oxygen atoms in total. The number of benzene rings is 1. The number of carboxylic acids is 1. The number of rotatable bonds is 11. The van der Waals surface area contributed by atoms with Crippen molar-refractivity contribution in [2.24, 2.45) is 0 Å². The Morgan fingerprint density at radius 3 is 2.42 bits per heavy atom. The zero-order chi connectivity index (χ0) is 18.9. The zero-order valence-electron chi connectivity index (χ0n) is 15.6. The lowest BCUT2D eigenvalue weighted by Gasteiger charge is -2.10. The molecule has 0 saturated heterocycles. The number of methoxy groups -OCH3 is 1. The molecule has 0 unspecified atom stereocenters. The van der Waals surface area contributed by atoms with Crippen LogP contribution >= 0.6 is 0 Å². The summed E-state index contributed by atoms with van der Waals surface area (Å²) >= 11 is 0. The summed E-state index contributed by atoms with van der Waals surface area (Å²) in [6.07, 6.45) is 11.1. The Morgan fingerprint density at radius 2 is 1.81 bits per heavy atom. The van der Waals surface area contributed by atoms with Gasteiger partial charge in [0.2, 0.25) is 0 Å². The fraction of sp³-hybridized carbons (Fsp3) is 0.476. The van der Waals surface area contributed by atoms with Crippen molar-refractivity contribution in [1.29, 1.82) is 0 Å². The Balaban J connectivity index is 2.00. The number of aromatic amines is 1. The summed E-state index contributed by atoms with van der Waals surface area (Å²) in [7, 11) is 1.54. The molecule has 0 saturated carbocycles. The fourth-order valence-electron chi connectivity index (χ4n) is 3.16. The summed E-state index contributed by atoms with van der Waals surface area (Å²) < 4.78 is 19.7. The summed E-state index contributed by atoms with van der Waals surface area (Å²) in [4.78, 5) is 13.5. The van der Waals surface area contributed by atoms with Gasteiger partial charge in [0.05, 0.1) is 7.11 Å². The molecule has 2 N–H and O–H groups in total. The number of unbranched alkanes of at least 4 members (excludes halogenated alkanes) is 6. The van der Waals surface area contributed by atoms with Gasteiger partial charge >= 0.3 is 5.97 Å².